The molecule has 0 aromatic carbocycles. The Kier molecular flexibility index (Phi) is 8.47. The lowest BCUT2D eigenvalue weighted by molar-refractivity contribution is -0.203. The fourth-order valence-electron chi connectivity index (χ4n) is 10.2. The maximum Gasteiger partial charge on any atom is 0.145 e. The Morgan fingerprint density at radius 2 is 1.66 bits per heavy atom. The topological polar surface area (TPSA) is 77.5 Å². The Morgan fingerprint density at radius 1 is 0.943 bits per heavy atom. The van der Waals surface area contributed by atoms with Crippen molar-refractivity contribution >= 4 is 5.84 Å². The van der Waals surface area contributed by atoms with Crippen LogP contribution in [0.1, 0.15) is 105 Å². The van der Waals surface area contributed by atoms with Gasteiger partial charge in [0.1, 0.15) is 5.84 Å². The molecule has 0 radical (unpaired) electrons. The molecule has 200 valence electrons. The molecular formula is C30H53N3O2. The lowest BCUT2D eigenvalue weighted by atomic mass is 9.41. The van der Waals surface area contributed by atoms with E-state index in [2.05, 4.69) is 42.9 Å². The van der Waals surface area contributed by atoms with E-state index >= 15 is 0 Å². The number of rotatable bonds is 7. The summed E-state index contributed by atoms with van der Waals surface area (Å²) < 4.78 is 0. The van der Waals surface area contributed by atoms with Crippen molar-refractivity contribution in [3.63, 3.8) is 0 Å². The molecule has 4 aliphatic carbocycles. The van der Waals surface area contributed by atoms with Crippen LogP contribution in [0.4, 0.5) is 0 Å². The van der Waals surface area contributed by atoms with Crippen molar-refractivity contribution in [1.29, 1.82) is 0 Å². The highest BCUT2D eigenvalue weighted by Crippen LogP contribution is 2.69. The van der Waals surface area contributed by atoms with Crippen LogP contribution in [-0.4, -0.2) is 42.4 Å². The van der Waals surface area contributed by atoms with Crippen molar-refractivity contribution in [2.75, 3.05) is 14.1 Å². The molecule has 4 saturated carbocycles. The standard InChI is InChI=1S/C30H53N3O2/c1-7-21-25-18-20(34)14-16-30(25,4)24-15-17-29(3)22(12-13-23(29)27(24)28(21)35)19(2)10-8-9-11-26(31-5)33-32-6/h19-25,27-28,34-35H,7-18H2,1-6H3/t19-,20-,21-,22-,23+,24+,25?,27+,28-,29-,30-/m1/s1. The van der Waals surface area contributed by atoms with Gasteiger partial charge in [-0.2, -0.15) is 5.11 Å². The lowest BCUT2D eigenvalue weighted by Gasteiger charge is -2.64. The Hall–Kier alpha value is -0.810. The summed E-state index contributed by atoms with van der Waals surface area (Å²) in [6.07, 6.45) is 13.5. The van der Waals surface area contributed by atoms with E-state index in [4.69, 9.17) is 0 Å². The van der Waals surface area contributed by atoms with Crippen LogP contribution in [0, 0.1) is 52.3 Å². The molecule has 0 aromatic heterocycles. The number of nitrogens with zero attached hydrogens (tertiary/aromatic N) is 3. The maximum absolute atomic E-state index is 11.9. The van der Waals surface area contributed by atoms with E-state index in [1.165, 1.54) is 38.5 Å². The molecule has 1 unspecified atom stereocenters. The summed E-state index contributed by atoms with van der Waals surface area (Å²) in [5, 5.41) is 30.4. The molecule has 35 heavy (non-hydrogen) atoms. The van der Waals surface area contributed by atoms with Crippen LogP contribution in [0.3, 0.4) is 0 Å². The largest absolute Gasteiger partial charge is 0.393 e. The number of unbranched alkanes of at least 4 members (excludes halogenated alkanes) is 1. The predicted molar refractivity (Wildman–Crippen MR) is 144 cm³/mol. The van der Waals surface area contributed by atoms with Gasteiger partial charge in [0.2, 0.25) is 0 Å². The van der Waals surface area contributed by atoms with Gasteiger partial charge in [-0.15, -0.1) is 5.11 Å². The summed E-state index contributed by atoms with van der Waals surface area (Å²) in [6, 6.07) is 0. The zero-order valence-electron chi connectivity index (χ0n) is 23.4. The predicted octanol–water partition coefficient (Wildman–Crippen LogP) is 6.92. The minimum Gasteiger partial charge on any atom is -0.393 e. The van der Waals surface area contributed by atoms with E-state index < -0.39 is 0 Å². The quantitative estimate of drug-likeness (QED) is 0.177. The first-order chi connectivity index (χ1) is 16.7. The smallest absolute Gasteiger partial charge is 0.145 e. The maximum atomic E-state index is 11.9. The molecule has 11 atom stereocenters. The Morgan fingerprint density at radius 3 is 2.34 bits per heavy atom. The SMILES string of the molecule is CC[C@@H]1C2C[C@H](O)CC[C@]2(C)[C@H]2CC[C@]3(C)[C@@H]([C@H](C)CCCCC(N=NC)=NC)CC[C@H]3[C@@H]2[C@@H]1O. The van der Waals surface area contributed by atoms with Gasteiger partial charge in [-0.25, -0.2) is 0 Å². The molecule has 0 aliphatic heterocycles. The molecule has 5 nitrogen and oxygen atoms in total. The number of aliphatic imine (C=N–C) groups is 1. The third-order valence-electron chi connectivity index (χ3n) is 11.9. The second-order valence-corrected chi connectivity index (χ2v) is 13.3. The Bertz CT molecular complexity index is 784. The van der Waals surface area contributed by atoms with E-state index in [1.807, 2.05) is 7.05 Å². The average molecular weight is 488 g/mol. The van der Waals surface area contributed by atoms with E-state index in [0.717, 1.165) is 56.2 Å². The molecule has 0 amide bonds. The van der Waals surface area contributed by atoms with Crippen molar-refractivity contribution in [2.24, 2.45) is 67.5 Å². The molecule has 0 aromatic rings. The van der Waals surface area contributed by atoms with E-state index in [9.17, 15) is 10.2 Å². The van der Waals surface area contributed by atoms with Crippen molar-refractivity contribution < 1.29 is 10.2 Å². The van der Waals surface area contributed by atoms with E-state index in [0.29, 0.717) is 40.4 Å². The summed E-state index contributed by atoms with van der Waals surface area (Å²) in [6.45, 7) is 9.91. The zero-order valence-corrected chi connectivity index (χ0v) is 23.4. The van der Waals surface area contributed by atoms with Gasteiger partial charge in [-0.1, -0.05) is 47.0 Å². The second-order valence-electron chi connectivity index (χ2n) is 13.3. The summed E-state index contributed by atoms with van der Waals surface area (Å²) in [5.41, 5.74) is 0.660. The van der Waals surface area contributed by atoms with Crippen molar-refractivity contribution in [3.05, 3.63) is 0 Å². The van der Waals surface area contributed by atoms with Crippen molar-refractivity contribution in [3.8, 4) is 0 Å². The fourth-order valence-corrected chi connectivity index (χ4v) is 10.2. The van der Waals surface area contributed by atoms with Crippen LogP contribution in [0.25, 0.3) is 0 Å². The molecular weight excluding hydrogens is 434 g/mol. The van der Waals surface area contributed by atoms with Crippen LogP contribution < -0.4 is 0 Å². The van der Waals surface area contributed by atoms with Gasteiger partial charge >= 0.3 is 0 Å². The van der Waals surface area contributed by atoms with Gasteiger partial charge in [-0.05, 0) is 104 Å². The number of hydrogen-bond donors (Lipinski definition) is 2. The second kappa shape index (κ2) is 10.9. The minimum absolute atomic E-state index is 0.166. The number of azo groups is 1. The first-order valence-corrected chi connectivity index (χ1v) is 14.8. The van der Waals surface area contributed by atoms with Gasteiger partial charge in [0.05, 0.1) is 12.2 Å². The van der Waals surface area contributed by atoms with Crippen LogP contribution in [0.5, 0.6) is 0 Å². The van der Waals surface area contributed by atoms with Crippen LogP contribution in [-0.2, 0) is 0 Å². The Labute approximate surface area is 214 Å². The Balaban J connectivity index is 1.46. The first-order valence-electron chi connectivity index (χ1n) is 14.8. The van der Waals surface area contributed by atoms with Crippen LogP contribution >= 0.6 is 0 Å². The summed E-state index contributed by atoms with van der Waals surface area (Å²) in [4.78, 5) is 4.25. The molecule has 4 aliphatic rings. The molecule has 4 rings (SSSR count). The van der Waals surface area contributed by atoms with Gasteiger partial charge < -0.3 is 10.2 Å². The molecule has 5 heteroatoms. The fraction of sp³-hybridized carbons (Fsp3) is 0.967. The zero-order chi connectivity index (χ0) is 25.4. The monoisotopic (exact) mass is 487 g/mol. The molecule has 0 saturated heterocycles. The molecule has 2 N–H and O–H groups in total. The summed E-state index contributed by atoms with van der Waals surface area (Å²) >= 11 is 0. The average Bonchev–Trinajstić information content (AvgIpc) is 3.19. The van der Waals surface area contributed by atoms with Crippen LogP contribution in [0.15, 0.2) is 15.2 Å². The first kappa shape index (κ1) is 27.2. The van der Waals surface area contributed by atoms with E-state index in [1.54, 1.807) is 7.05 Å². The molecule has 0 heterocycles. The molecule has 0 bridgehead atoms. The highest BCUT2D eigenvalue weighted by molar-refractivity contribution is 5.82. The molecule has 4 fully saturated rings. The lowest BCUT2D eigenvalue weighted by Crippen LogP contribution is -2.62. The number of aliphatic hydroxyl groups is 2. The van der Waals surface area contributed by atoms with Crippen molar-refractivity contribution in [2.45, 2.75) is 117 Å². The third kappa shape index (κ3) is 4.78. The van der Waals surface area contributed by atoms with Crippen LogP contribution in [0.2, 0.25) is 0 Å². The third-order valence-corrected chi connectivity index (χ3v) is 11.9. The van der Waals surface area contributed by atoms with Gasteiger partial charge in [-0.3, -0.25) is 4.99 Å². The number of aliphatic hydroxyl groups excluding tert-OH is 2. The highest BCUT2D eigenvalue weighted by Gasteiger charge is 2.64. The number of hydrogen-bond acceptors (Lipinski definition) is 4. The summed E-state index contributed by atoms with van der Waals surface area (Å²) in [7, 11) is 3.52. The summed E-state index contributed by atoms with van der Waals surface area (Å²) in [5.74, 6) is 4.94. The van der Waals surface area contributed by atoms with Gasteiger partial charge in [0.25, 0.3) is 0 Å². The molecule has 0 spiro atoms. The minimum atomic E-state index is -0.188. The highest BCUT2D eigenvalue weighted by atomic mass is 16.3. The number of amidine groups is 1. The van der Waals surface area contributed by atoms with Gasteiger partial charge in [0.15, 0.2) is 0 Å². The van der Waals surface area contributed by atoms with Crippen molar-refractivity contribution in [1.82, 2.24) is 0 Å². The number of fused-ring (bicyclic) bond motifs is 5. The normalized spacial score (nSPS) is 46.8. The van der Waals surface area contributed by atoms with Gasteiger partial charge in [0, 0.05) is 20.5 Å². The van der Waals surface area contributed by atoms with E-state index in [-0.39, 0.29) is 12.2 Å².